The van der Waals surface area contributed by atoms with Gasteiger partial charge < -0.3 is 15.5 Å². The van der Waals surface area contributed by atoms with Gasteiger partial charge >= 0.3 is 0 Å². The molecule has 0 saturated carbocycles. The predicted octanol–water partition coefficient (Wildman–Crippen LogP) is 0.332. The first kappa shape index (κ1) is 17.2. The van der Waals surface area contributed by atoms with Crippen LogP contribution in [-0.4, -0.2) is 65.2 Å². The fraction of sp³-hybridized carbons (Fsp3) is 0.733. The number of nitrogens with one attached hydrogen (secondary N) is 3. The van der Waals surface area contributed by atoms with Gasteiger partial charge in [0.25, 0.3) is 0 Å². The van der Waals surface area contributed by atoms with Crippen molar-refractivity contribution in [2.45, 2.75) is 32.6 Å². The Balaban J connectivity index is 1.72. The predicted molar refractivity (Wildman–Crippen MR) is 89.1 cm³/mol. The fourth-order valence-corrected chi connectivity index (χ4v) is 2.67. The second kappa shape index (κ2) is 8.50. The SMILES string of the molecule is CN=C(NCCNC(=O)C(C)C)N1CCC(c2ncn[nH]2)CC1. The van der Waals surface area contributed by atoms with Crippen LogP contribution in [0.4, 0.5) is 0 Å². The zero-order valence-corrected chi connectivity index (χ0v) is 14.2. The molecule has 0 radical (unpaired) electrons. The average Bonchev–Trinajstić information content (AvgIpc) is 3.09. The number of aromatic nitrogens is 3. The van der Waals surface area contributed by atoms with E-state index < -0.39 is 0 Å². The van der Waals surface area contributed by atoms with Crippen molar-refractivity contribution in [1.29, 1.82) is 0 Å². The van der Waals surface area contributed by atoms with Crippen molar-refractivity contribution < 1.29 is 4.79 Å². The Bertz CT molecular complexity index is 504. The Morgan fingerprint density at radius 1 is 1.39 bits per heavy atom. The van der Waals surface area contributed by atoms with Gasteiger partial charge in [-0.25, -0.2) is 4.98 Å². The zero-order chi connectivity index (χ0) is 16.7. The van der Waals surface area contributed by atoms with E-state index in [0.29, 0.717) is 19.0 Å². The molecule has 2 heterocycles. The van der Waals surface area contributed by atoms with Gasteiger partial charge in [-0.3, -0.25) is 14.9 Å². The van der Waals surface area contributed by atoms with Crippen molar-refractivity contribution in [3.05, 3.63) is 12.2 Å². The van der Waals surface area contributed by atoms with Gasteiger partial charge in [-0.2, -0.15) is 5.10 Å². The third-order valence-electron chi connectivity index (χ3n) is 4.06. The molecule has 1 aliphatic rings. The number of carbonyl (C=O) groups excluding carboxylic acids is 1. The van der Waals surface area contributed by atoms with E-state index in [4.69, 9.17) is 0 Å². The number of nitrogens with zero attached hydrogens (tertiary/aromatic N) is 4. The molecule has 128 valence electrons. The molecule has 8 heteroatoms. The van der Waals surface area contributed by atoms with Gasteiger partial charge in [0.15, 0.2) is 5.96 Å². The van der Waals surface area contributed by atoms with Gasteiger partial charge in [-0.1, -0.05) is 13.8 Å². The molecule has 23 heavy (non-hydrogen) atoms. The maximum Gasteiger partial charge on any atom is 0.222 e. The molecule has 0 unspecified atom stereocenters. The molecule has 0 spiro atoms. The molecule has 0 atom stereocenters. The quantitative estimate of drug-likeness (QED) is 0.412. The van der Waals surface area contributed by atoms with Crippen LogP contribution in [-0.2, 0) is 4.79 Å². The largest absolute Gasteiger partial charge is 0.354 e. The van der Waals surface area contributed by atoms with Crippen LogP contribution in [0.2, 0.25) is 0 Å². The van der Waals surface area contributed by atoms with Crippen LogP contribution in [0.3, 0.4) is 0 Å². The van der Waals surface area contributed by atoms with E-state index in [1.54, 1.807) is 13.4 Å². The second-order valence-electron chi connectivity index (χ2n) is 6.05. The monoisotopic (exact) mass is 321 g/mol. The van der Waals surface area contributed by atoms with Gasteiger partial charge in [0.05, 0.1) is 0 Å². The number of piperidine rings is 1. The van der Waals surface area contributed by atoms with Crippen molar-refractivity contribution >= 4 is 11.9 Å². The van der Waals surface area contributed by atoms with E-state index in [1.165, 1.54) is 0 Å². The standard InChI is InChI=1S/C15H27N7O/c1-11(2)14(23)17-6-7-18-15(16-3)22-8-4-12(5-9-22)13-19-10-20-21-13/h10-12H,4-9H2,1-3H3,(H,16,18)(H,17,23)(H,19,20,21). The minimum absolute atomic E-state index is 0.0180. The highest BCUT2D eigenvalue weighted by atomic mass is 16.1. The first-order valence-corrected chi connectivity index (χ1v) is 8.20. The van der Waals surface area contributed by atoms with E-state index in [9.17, 15) is 4.79 Å². The molecular formula is C15H27N7O. The number of guanidine groups is 1. The minimum Gasteiger partial charge on any atom is -0.354 e. The number of hydrogen-bond donors (Lipinski definition) is 3. The number of rotatable bonds is 5. The Morgan fingerprint density at radius 3 is 2.65 bits per heavy atom. The Labute approximate surface area is 137 Å². The highest BCUT2D eigenvalue weighted by Crippen LogP contribution is 2.24. The zero-order valence-electron chi connectivity index (χ0n) is 14.2. The van der Waals surface area contributed by atoms with Crippen LogP contribution in [0.1, 0.15) is 38.4 Å². The van der Waals surface area contributed by atoms with Crippen molar-refractivity contribution in [3.8, 4) is 0 Å². The lowest BCUT2D eigenvalue weighted by molar-refractivity contribution is -0.123. The summed E-state index contributed by atoms with van der Waals surface area (Å²) in [5, 5.41) is 13.1. The van der Waals surface area contributed by atoms with Crippen LogP contribution in [0.15, 0.2) is 11.3 Å². The van der Waals surface area contributed by atoms with Crippen LogP contribution in [0.25, 0.3) is 0 Å². The van der Waals surface area contributed by atoms with Crippen molar-refractivity contribution in [2.24, 2.45) is 10.9 Å². The molecule has 0 aromatic carbocycles. The summed E-state index contributed by atoms with van der Waals surface area (Å²) in [4.78, 5) is 22.3. The molecule has 1 amide bonds. The maximum absolute atomic E-state index is 11.5. The summed E-state index contributed by atoms with van der Waals surface area (Å²) in [6.45, 7) is 6.92. The van der Waals surface area contributed by atoms with Gasteiger partial charge in [-0.05, 0) is 12.8 Å². The van der Waals surface area contributed by atoms with Crippen LogP contribution in [0, 0.1) is 5.92 Å². The summed E-state index contributed by atoms with van der Waals surface area (Å²) < 4.78 is 0. The summed E-state index contributed by atoms with van der Waals surface area (Å²) >= 11 is 0. The molecule has 1 aromatic heterocycles. The summed E-state index contributed by atoms with van der Waals surface area (Å²) in [6, 6.07) is 0. The van der Waals surface area contributed by atoms with Gasteiger partial charge in [0, 0.05) is 45.1 Å². The number of H-pyrrole nitrogens is 1. The van der Waals surface area contributed by atoms with Crippen LogP contribution in [0.5, 0.6) is 0 Å². The molecule has 8 nitrogen and oxygen atoms in total. The first-order chi connectivity index (χ1) is 11.1. The topological polar surface area (TPSA) is 98.3 Å². The molecular weight excluding hydrogens is 294 g/mol. The summed E-state index contributed by atoms with van der Waals surface area (Å²) in [5.41, 5.74) is 0. The Kier molecular flexibility index (Phi) is 6.37. The van der Waals surface area contributed by atoms with E-state index in [-0.39, 0.29) is 11.8 Å². The number of aliphatic imine (C=N–C) groups is 1. The summed E-state index contributed by atoms with van der Waals surface area (Å²) in [6.07, 6.45) is 3.62. The molecule has 0 aliphatic carbocycles. The Morgan fingerprint density at radius 2 is 2.09 bits per heavy atom. The van der Waals surface area contributed by atoms with E-state index in [1.807, 2.05) is 13.8 Å². The summed E-state index contributed by atoms with van der Waals surface area (Å²) in [7, 11) is 1.79. The van der Waals surface area contributed by atoms with Gasteiger partial charge in [0.1, 0.15) is 12.2 Å². The molecule has 3 N–H and O–H groups in total. The highest BCUT2D eigenvalue weighted by Gasteiger charge is 2.24. The van der Waals surface area contributed by atoms with E-state index >= 15 is 0 Å². The average molecular weight is 321 g/mol. The lowest BCUT2D eigenvalue weighted by atomic mass is 9.96. The number of aromatic amines is 1. The van der Waals surface area contributed by atoms with Gasteiger partial charge in [-0.15, -0.1) is 0 Å². The summed E-state index contributed by atoms with van der Waals surface area (Å²) in [5.74, 6) is 2.40. The lowest BCUT2D eigenvalue weighted by Gasteiger charge is -2.33. The Hall–Kier alpha value is -2.12. The van der Waals surface area contributed by atoms with Crippen molar-refractivity contribution in [2.75, 3.05) is 33.2 Å². The van der Waals surface area contributed by atoms with Gasteiger partial charge in [0.2, 0.25) is 5.91 Å². The third-order valence-corrected chi connectivity index (χ3v) is 4.06. The number of carbonyl (C=O) groups is 1. The molecule has 1 fully saturated rings. The maximum atomic E-state index is 11.5. The minimum atomic E-state index is 0.0180. The first-order valence-electron chi connectivity index (χ1n) is 8.20. The van der Waals surface area contributed by atoms with Crippen molar-refractivity contribution in [1.82, 2.24) is 30.7 Å². The third kappa shape index (κ3) is 4.94. The second-order valence-corrected chi connectivity index (χ2v) is 6.05. The molecule has 1 aromatic rings. The number of amides is 1. The van der Waals surface area contributed by atoms with E-state index in [0.717, 1.165) is 37.7 Å². The van der Waals surface area contributed by atoms with Crippen molar-refractivity contribution in [3.63, 3.8) is 0 Å². The fourth-order valence-electron chi connectivity index (χ4n) is 2.67. The highest BCUT2D eigenvalue weighted by molar-refractivity contribution is 5.80. The molecule has 1 saturated heterocycles. The normalized spacial score (nSPS) is 16.7. The number of hydrogen-bond acceptors (Lipinski definition) is 4. The van der Waals surface area contributed by atoms with Crippen LogP contribution < -0.4 is 10.6 Å². The van der Waals surface area contributed by atoms with E-state index in [2.05, 4.69) is 35.7 Å². The molecule has 1 aliphatic heterocycles. The van der Waals surface area contributed by atoms with Crippen LogP contribution >= 0.6 is 0 Å². The molecule has 0 bridgehead atoms. The lowest BCUT2D eigenvalue weighted by Crippen LogP contribution is -2.47. The number of likely N-dealkylation sites (tertiary alicyclic amines) is 1. The smallest absolute Gasteiger partial charge is 0.222 e. The molecule has 2 rings (SSSR count).